The lowest BCUT2D eigenvalue weighted by Gasteiger charge is -2.15. The third-order valence-corrected chi connectivity index (χ3v) is 11.6. The Morgan fingerprint density at radius 1 is 0.400 bits per heavy atom. The van der Waals surface area contributed by atoms with E-state index in [-0.39, 0.29) is 0 Å². The van der Waals surface area contributed by atoms with Crippen molar-refractivity contribution >= 4 is 75.8 Å². The van der Waals surface area contributed by atoms with Crippen LogP contribution in [0.2, 0.25) is 0 Å². The number of hydrogen-bond acceptors (Lipinski definition) is 2. The fraction of sp³-hybridized carbons (Fsp3) is 0. The smallest absolute Gasteiger partial charge is 0.0992 e. The second kappa shape index (κ2) is 11.2. The molecule has 12 rings (SSSR count). The van der Waals surface area contributed by atoms with Gasteiger partial charge >= 0.3 is 0 Å². The van der Waals surface area contributed by atoms with Gasteiger partial charge in [0.05, 0.1) is 28.2 Å². The normalized spacial score (nSPS) is 12.0. The molecule has 2 aromatic heterocycles. The molecule has 0 N–H and O–H groups in total. The van der Waals surface area contributed by atoms with Crippen LogP contribution < -0.4 is 0 Å². The van der Waals surface area contributed by atoms with Gasteiger partial charge < -0.3 is 4.57 Å². The first-order chi connectivity index (χ1) is 27.2. The summed E-state index contributed by atoms with van der Waals surface area (Å²) in [4.78, 5) is 4.68. The average molecular weight is 696 g/mol. The zero-order valence-corrected chi connectivity index (χ0v) is 29.6. The predicted molar refractivity (Wildman–Crippen MR) is 230 cm³/mol. The minimum absolute atomic E-state index is 0.669. The van der Waals surface area contributed by atoms with E-state index < -0.39 is 0 Å². The SMILES string of the molecule is N#Cc1cc2ccc3cc(-c4cc5ccc6cc(-c7ccc(-c8cccc9cccnc89)cc7)cc7ccc(c4)c5c67)cc4c3c2c(c1)n4-c1ccccc1. The number of nitriles is 1. The molecule has 55 heavy (non-hydrogen) atoms. The Labute approximate surface area is 316 Å². The molecule has 0 amide bonds. The summed E-state index contributed by atoms with van der Waals surface area (Å²) in [6.45, 7) is 0. The number of aromatic nitrogens is 2. The number of fused-ring (bicyclic) bond motifs is 1. The van der Waals surface area contributed by atoms with Gasteiger partial charge in [-0.15, -0.1) is 0 Å². The van der Waals surface area contributed by atoms with Crippen molar-refractivity contribution < 1.29 is 0 Å². The molecule has 2 heterocycles. The maximum absolute atomic E-state index is 9.91. The van der Waals surface area contributed by atoms with Crippen molar-refractivity contribution in [3.63, 3.8) is 0 Å². The first kappa shape index (κ1) is 30.0. The zero-order chi connectivity index (χ0) is 36.2. The first-order valence-electron chi connectivity index (χ1n) is 18.7. The van der Waals surface area contributed by atoms with Crippen molar-refractivity contribution in [1.29, 1.82) is 5.26 Å². The number of pyridine rings is 1. The van der Waals surface area contributed by atoms with Crippen LogP contribution >= 0.6 is 0 Å². The summed E-state index contributed by atoms with van der Waals surface area (Å²) < 4.78 is 2.33. The molecule has 0 aliphatic rings. The highest BCUT2D eigenvalue weighted by molar-refractivity contribution is 6.27. The van der Waals surface area contributed by atoms with Gasteiger partial charge in [0.25, 0.3) is 0 Å². The van der Waals surface area contributed by atoms with Crippen LogP contribution in [0, 0.1) is 11.3 Å². The molecule has 0 saturated heterocycles. The molecule has 3 nitrogen and oxygen atoms in total. The van der Waals surface area contributed by atoms with Gasteiger partial charge in [0.2, 0.25) is 0 Å². The average Bonchev–Trinajstić information content (AvgIpc) is 3.59. The standard InChI is InChI=1S/C52H29N3/c53-30-31-22-35-15-20-40-28-43(29-47-51(40)50(35)46(23-31)55(47)44-8-2-1-3-9-44)42-26-38-18-16-36-24-41(25-37-17-19-39(27-42)49(38)48(36)37)32-11-13-33(14-12-32)45-10-4-6-34-7-5-21-54-52(34)45/h1-29H. The van der Waals surface area contributed by atoms with Gasteiger partial charge in [0, 0.05) is 33.6 Å². The number of nitrogens with zero attached hydrogens (tertiary/aromatic N) is 3. The highest BCUT2D eigenvalue weighted by Crippen LogP contribution is 2.44. The molecule has 0 unspecified atom stereocenters. The predicted octanol–water partition coefficient (Wildman–Crippen LogP) is 13.7. The number of rotatable bonds is 4. The molecule has 0 aliphatic carbocycles. The Morgan fingerprint density at radius 2 is 0.927 bits per heavy atom. The van der Waals surface area contributed by atoms with E-state index in [2.05, 4.69) is 161 Å². The lowest BCUT2D eigenvalue weighted by Crippen LogP contribution is -1.94. The van der Waals surface area contributed by atoms with Crippen molar-refractivity contribution in [3.05, 3.63) is 182 Å². The maximum Gasteiger partial charge on any atom is 0.0992 e. The second-order valence-corrected chi connectivity index (χ2v) is 14.7. The lowest BCUT2D eigenvalue weighted by molar-refractivity contribution is 1.18. The van der Waals surface area contributed by atoms with E-state index >= 15 is 0 Å². The minimum atomic E-state index is 0.669. The third-order valence-electron chi connectivity index (χ3n) is 11.6. The van der Waals surface area contributed by atoms with Crippen molar-refractivity contribution in [2.75, 3.05) is 0 Å². The van der Waals surface area contributed by atoms with Crippen LogP contribution in [0.5, 0.6) is 0 Å². The second-order valence-electron chi connectivity index (χ2n) is 14.7. The van der Waals surface area contributed by atoms with E-state index in [0.29, 0.717) is 5.56 Å². The Balaban J connectivity index is 0.990. The molecule has 0 bridgehead atoms. The van der Waals surface area contributed by atoms with Gasteiger partial charge in [-0.2, -0.15) is 5.26 Å². The zero-order valence-electron chi connectivity index (χ0n) is 29.6. The van der Waals surface area contributed by atoms with E-state index in [0.717, 1.165) is 38.6 Å². The van der Waals surface area contributed by atoms with Gasteiger partial charge in [-0.3, -0.25) is 4.98 Å². The van der Waals surface area contributed by atoms with E-state index in [1.54, 1.807) is 0 Å². The maximum atomic E-state index is 9.91. The van der Waals surface area contributed by atoms with E-state index in [1.165, 1.54) is 76.3 Å². The quantitative estimate of drug-likeness (QED) is 0.172. The van der Waals surface area contributed by atoms with Gasteiger partial charge in [-0.25, -0.2) is 0 Å². The fourth-order valence-corrected chi connectivity index (χ4v) is 9.20. The van der Waals surface area contributed by atoms with Crippen LogP contribution in [-0.4, -0.2) is 9.55 Å². The topological polar surface area (TPSA) is 41.6 Å². The highest BCUT2D eigenvalue weighted by Gasteiger charge is 2.20. The summed E-state index contributed by atoms with van der Waals surface area (Å²) >= 11 is 0. The van der Waals surface area contributed by atoms with E-state index in [4.69, 9.17) is 0 Å². The summed E-state index contributed by atoms with van der Waals surface area (Å²) in [7, 11) is 0. The monoisotopic (exact) mass is 695 g/mol. The molecule has 0 aliphatic heterocycles. The summed E-state index contributed by atoms with van der Waals surface area (Å²) in [6.07, 6.45) is 1.87. The molecular formula is C52H29N3. The lowest BCUT2D eigenvalue weighted by atomic mass is 9.89. The fourth-order valence-electron chi connectivity index (χ4n) is 9.20. The molecule has 252 valence electrons. The molecule has 0 radical (unpaired) electrons. The molecule has 10 aromatic carbocycles. The Hall–Kier alpha value is -7.54. The van der Waals surface area contributed by atoms with Crippen molar-refractivity contribution in [1.82, 2.24) is 9.55 Å². The summed E-state index contributed by atoms with van der Waals surface area (Å²) in [5.74, 6) is 0. The number of para-hydroxylation sites is 2. The van der Waals surface area contributed by atoms with Crippen LogP contribution in [0.3, 0.4) is 0 Å². The Kier molecular flexibility index (Phi) is 6.12. The van der Waals surface area contributed by atoms with E-state index in [9.17, 15) is 5.26 Å². The van der Waals surface area contributed by atoms with Gasteiger partial charge in [0.1, 0.15) is 0 Å². The van der Waals surface area contributed by atoms with Crippen LogP contribution in [0.1, 0.15) is 5.56 Å². The minimum Gasteiger partial charge on any atom is -0.309 e. The van der Waals surface area contributed by atoms with Crippen molar-refractivity contribution in [3.8, 4) is 45.1 Å². The molecule has 0 fully saturated rings. The van der Waals surface area contributed by atoms with Crippen LogP contribution in [0.4, 0.5) is 0 Å². The molecule has 0 saturated carbocycles. The van der Waals surface area contributed by atoms with Crippen LogP contribution in [-0.2, 0) is 0 Å². The Morgan fingerprint density at radius 3 is 1.56 bits per heavy atom. The molecule has 0 atom stereocenters. The van der Waals surface area contributed by atoms with Gasteiger partial charge in [-0.05, 0) is 138 Å². The molecular weight excluding hydrogens is 667 g/mol. The Bertz CT molecular complexity index is 3460. The van der Waals surface area contributed by atoms with Crippen LogP contribution in [0.15, 0.2) is 176 Å². The largest absolute Gasteiger partial charge is 0.309 e. The molecule has 0 spiro atoms. The summed E-state index contributed by atoms with van der Waals surface area (Å²) in [5.41, 5.74) is 12.1. The molecule has 12 aromatic rings. The first-order valence-corrected chi connectivity index (χ1v) is 18.7. The van der Waals surface area contributed by atoms with E-state index in [1.807, 2.05) is 30.5 Å². The number of hydrogen-bond donors (Lipinski definition) is 0. The van der Waals surface area contributed by atoms with Crippen molar-refractivity contribution in [2.24, 2.45) is 0 Å². The summed E-state index contributed by atoms with van der Waals surface area (Å²) in [5, 5.41) is 23.4. The third kappa shape index (κ3) is 4.40. The summed E-state index contributed by atoms with van der Waals surface area (Å²) in [6, 6.07) is 63.9. The van der Waals surface area contributed by atoms with Crippen LogP contribution in [0.25, 0.3) is 115 Å². The van der Waals surface area contributed by atoms with Gasteiger partial charge in [0.15, 0.2) is 0 Å². The highest BCUT2D eigenvalue weighted by atomic mass is 15.0. The number of benzene rings is 10. The molecule has 3 heteroatoms. The van der Waals surface area contributed by atoms with Crippen molar-refractivity contribution in [2.45, 2.75) is 0 Å². The van der Waals surface area contributed by atoms with Gasteiger partial charge in [-0.1, -0.05) is 103 Å².